The Morgan fingerprint density at radius 2 is 1.72 bits per heavy atom. The van der Waals surface area contributed by atoms with Gasteiger partial charge in [-0.1, -0.05) is 12.1 Å². The first-order chi connectivity index (χ1) is 15.3. The van der Waals surface area contributed by atoms with Crippen molar-refractivity contribution < 1.29 is 23.0 Å². The molecule has 3 aromatic carbocycles. The van der Waals surface area contributed by atoms with Gasteiger partial charge in [0.05, 0.1) is 16.6 Å². The lowest BCUT2D eigenvalue weighted by Crippen LogP contribution is -2.25. The molecule has 9 heteroatoms. The summed E-state index contributed by atoms with van der Waals surface area (Å²) in [6.45, 7) is 1.73. The molecule has 4 aromatic rings. The van der Waals surface area contributed by atoms with Crippen LogP contribution in [0, 0.1) is 6.92 Å². The third-order valence-electron chi connectivity index (χ3n) is 4.99. The predicted molar refractivity (Wildman–Crippen MR) is 113 cm³/mol. The lowest BCUT2D eigenvalue weighted by Gasteiger charge is -2.12. The highest BCUT2D eigenvalue weighted by atomic mass is 19.3. The SMILES string of the molecule is Cc1nc2ccccc2c(=O)n1-c1ccc(C(=O)Nc2ccc3c(c2)OC(F)(F)O3)cc1. The van der Waals surface area contributed by atoms with E-state index in [2.05, 4.69) is 19.8 Å². The molecule has 0 atom stereocenters. The molecule has 0 saturated carbocycles. The highest BCUT2D eigenvalue weighted by Gasteiger charge is 2.43. The van der Waals surface area contributed by atoms with Gasteiger partial charge < -0.3 is 14.8 Å². The molecule has 1 aromatic heterocycles. The Morgan fingerprint density at radius 3 is 2.50 bits per heavy atom. The van der Waals surface area contributed by atoms with E-state index in [1.54, 1.807) is 49.4 Å². The molecule has 1 aliphatic rings. The quantitative estimate of drug-likeness (QED) is 0.520. The number of hydrogen-bond acceptors (Lipinski definition) is 5. The van der Waals surface area contributed by atoms with Crippen LogP contribution in [0.5, 0.6) is 11.5 Å². The summed E-state index contributed by atoms with van der Waals surface area (Å²) in [6.07, 6.45) is -3.73. The molecule has 7 nitrogen and oxygen atoms in total. The van der Waals surface area contributed by atoms with E-state index >= 15 is 0 Å². The number of carbonyl (C=O) groups is 1. The number of aromatic nitrogens is 2. The van der Waals surface area contributed by atoms with Crippen molar-refractivity contribution in [2.45, 2.75) is 13.2 Å². The van der Waals surface area contributed by atoms with Crippen LogP contribution in [-0.2, 0) is 0 Å². The number of nitrogens with one attached hydrogen (secondary N) is 1. The molecule has 1 N–H and O–H groups in total. The maximum atomic E-state index is 13.2. The normalized spacial score (nSPS) is 13.8. The van der Waals surface area contributed by atoms with Gasteiger partial charge in [0.2, 0.25) is 0 Å². The molecule has 0 aliphatic carbocycles. The van der Waals surface area contributed by atoms with E-state index in [1.165, 1.54) is 22.8 Å². The molecule has 1 aliphatic heterocycles. The second kappa shape index (κ2) is 7.16. The topological polar surface area (TPSA) is 82.5 Å². The fourth-order valence-corrected chi connectivity index (χ4v) is 3.54. The van der Waals surface area contributed by atoms with Gasteiger partial charge in [-0.05, 0) is 55.5 Å². The van der Waals surface area contributed by atoms with Crippen LogP contribution in [0.25, 0.3) is 16.6 Å². The Hall–Kier alpha value is -4.27. The molecule has 0 unspecified atom stereocenters. The minimum atomic E-state index is -3.73. The average Bonchev–Trinajstić information content (AvgIpc) is 3.07. The van der Waals surface area contributed by atoms with E-state index in [4.69, 9.17) is 0 Å². The zero-order chi connectivity index (χ0) is 22.5. The number of anilines is 1. The third kappa shape index (κ3) is 3.43. The summed E-state index contributed by atoms with van der Waals surface area (Å²) >= 11 is 0. The van der Waals surface area contributed by atoms with Crippen molar-refractivity contribution in [2.24, 2.45) is 0 Å². The summed E-state index contributed by atoms with van der Waals surface area (Å²) in [4.78, 5) is 30.0. The molecule has 0 spiro atoms. The number of ether oxygens (including phenoxy) is 2. The number of aryl methyl sites for hydroxylation is 1. The average molecular weight is 435 g/mol. The number of hydrogen-bond donors (Lipinski definition) is 1. The van der Waals surface area contributed by atoms with Crippen molar-refractivity contribution in [2.75, 3.05) is 5.32 Å². The van der Waals surface area contributed by atoms with E-state index in [0.717, 1.165) is 0 Å². The Morgan fingerprint density at radius 1 is 1.00 bits per heavy atom. The molecule has 1 amide bonds. The van der Waals surface area contributed by atoms with Gasteiger partial charge in [0.15, 0.2) is 11.5 Å². The largest absolute Gasteiger partial charge is 0.586 e. The summed E-state index contributed by atoms with van der Waals surface area (Å²) < 4.78 is 36.5. The second-order valence-electron chi connectivity index (χ2n) is 7.15. The van der Waals surface area contributed by atoms with Crippen molar-refractivity contribution in [1.82, 2.24) is 9.55 Å². The highest BCUT2D eigenvalue weighted by molar-refractivity contribution is 6.04. The van der Waals surface area contributed by atoms with Crippen LogP contribution in [0.1, 0.15) is 16.2 Å². The number of carbonyl (C=O) groups excluding carboxylic acids is 1. The molecule has 0 fully saturated rings. The number of rotatable bonds is 3. The van der Waals surface area contributed by atoms with E-state index in [9.17, 15) is 18.4 Å². The van der Waals surface area contributed by atoms with E-state index in [1.807, 2.05) is 6.07 Å². The molecule has 2 heterocycles. The third-order valence-corrected chi connectivity index (χ3v) is 4.99. The number of fused-ring (bicyclic) bond motifs is 2. The van der Waals surface area contributed by atoms with Gasteiger partial charge in [0.1, 0.15) is 5.82 Å². The molecule has 0 saturated heterocycles. The number of halogens is 2. The maximum absolute atomic E-state index is 13.2. The summed E-state index contributed by atoms with van der Waals surface area (Å²) in [5.41, 5.74) is 1.56. The summed E-state index contributed by atoms with van der Waals surface area (Å²) in [5, 5.41) is 3.11. The molecule has 160 valence electrons. The maximum Gasteiger partial charge on any atom is 0.586 e. The lowest BCUT2D eigenvalue weighted by molar-refractivity contribution is -0.286. The van der Waals surface area contributed by atoms with Crippen molar-refractivity contribution >= 4 is 22.5 Å². The highest BCUT2D eigenvalue weighted by Crippen LogP contribution is 2.42. The Balaban J connectivity index is 1.40. The van der Waals surface area contributed by atoms with Gasteiger partial charge >= 0.3 is 6.29 Å². The van der Waals surface area contributed by atoms with Crippen LogP contribution >= 0.6 is 0 Å². The second-order valence-corrected chi connectivity index (χ2v) is 7.15. The van der Waals surface area contributed by atoms with Crippen molar-refractivity contribution in [3.8, 4) is 17.2 Å². The zero-order valence-electron chi connectivity index (χ0n) is 16.6. The van der Waals surface area contributed by atoms with Gasteiger partial charge in [0, 0.05) is 17.3 Å². The zero-order valence-corrected chi connectivity index (χ0v) is 16.6. The van der Waals surface area contributed by atoms with Crippen LogP contribution in [0.15, 0.2) is 71.5 Å². The first-order valence-electron chi connectivity index (χ1n) is 9.61. The van der Waals surface area contributed by atoms with E-state index in [0.29, 0.717) is 28.0 Å². The number of nitrogens with zero attached hydrogens (tertiary/aromatic N) is 2. The van der Waals surface area contributed by atoms with Crippen molar-refractivity contribution in [3.05, 3.63) is 88.5 Å². The van der Waals surface area contributed by atoms with Crippen LogP contribution in [0.4, 0.5) is 14.5 Å². The fourth-order valence-electron chi connectivity index (χ4n) is 3.54. The number of para-hydroxylation sites is 1. The molecule has 0 bridgehead atoms. The standard InChI is InChI=1S/C23H15F2N3O4/c1-13-26-18-5-3-2-4-17(18)22(30)28(13)16-9-6-14(7-10-16)21(29)27-15-8-11-19-20(12-15)32-23(24,25)31-19/h2-12H,1H3,(H,27,29). The van der Waals surface area contributed by atoms with E-state index < -0.39 is 12.2 Å². The van der Waals surface area contributed by atoms with Gasteiger partial charge in [-0.3, -0.25) is 14.2 Å². The predicted octanol–water partition coefficient (Wildman–Crippen LogP) is 4.27. The van der Waals surface area contributed by atoms with Crippen LogP contribution < -0.4 is 20.3 Å². The molecular weight excluding hydrogens is 420 g/mol. The number of amides is 1. The van der Waals surface area contributed by atoms with Gasteiger partial charge in [-0.25, -0.2) is 4.98 Å². The van der Waals surface area contributed by atoms with Crippen LogP contribution in [0.3, 0.4) is 0 Å². The molecule has 5 rings (SSSR count). The summed E-state index contributed by atoms with van der Waals surface area (Å²) in [6, 6.07) is 17.5. The molecule has 32 heavy (non-hydrogen) atoms. The van der Waals surface area contributed by atoms with Crippen LogP contribution in [-0.4, -0.2) is 21.8 Å². The smallest absolute Gasteiger partial charge is 0.395 e. The summed E-state index contributed by atoms with van der Waals surface area (Å²) in [5.74, 6) is -0.213. The van der Waals surface area contributed by atoms with Crippen molar-refractivity contribution in [3.63, 3.8) is 0 Å². The van der Waals surface area contributed by atoms with E-state index in [-0.39, 0.29) is 22.7 Å². The molecular formula is C23H15F2N3O4. The van der Waals surface area contributed by atoms with Crippen LogP contribution in [0.2, 0.25) is 0 Å². The summed E-state index contributed by atoms with van der Waals surface area (Å²) in [7, 11) is 0. The number of alkyl halides is 2. The monoisotopic (exact) mass is 435 g/mol. The number of benzene rings is 3. The lowest BCUT2D eigenvalue weighted by atomic mass is 10.1. The minimum Gasteiger partial charge on any atom is -0.395 e. The molecule has 0 radical (unpaired) electrons. The van der Waals surface area contributed by atoms with Gasteiger partial charge in [-0.15, -0.1) is 8.78 Å². The Bertz CT molecular complexity index is 1430. The van der Waals surface area contributed by atoms with Gasteiger partial charge in [0.25, 0.3) is 11.5 Å². The minimum absolute atomic E-state index is 0.109. The van der Waals surface area contributed by atoms with Gasteiger partial charge in [-0.2, -0.15) is 0 Å². The Labute approximate surface area is 179 Å². The Kier molecular flexibility index (Phi) is 4.40. The fraction of sp³-hybridized carbons (Fsp3) is 0.0870. The van der Waals surface area contributed by atoms with Crippen molar-refractivity contribution in [1.29, 1.82) is 0 Å². The first-order valence-corrected chi connectivity index (χ1v) is 9.61. The first kappa shape index (κ1) is 19.7.